The molecule has 0 radical (unpaired) electrons. The van der Waals surface area contributed by atoms with Gasteiger partial charge in [0.05, 0.1) is 0 Å². The summed E-state index contributed by atoms with van der Waals surface area (Å²) >= 11 is 0. The second-order valence-electron chi connectivity index (χ2n) is 2.65. The summed E-state index contributed by atoms with van der Waals surface area (Å²) in [6.07, 6.45) is 1.59. The van der Waals surface area contributed by atoms with Gasteiger partial charge in [0.1, 0.15) is 5.60 Å². The fraction of sp³-hybridized carbons (Fsp3) is 0.875. The van der Waals surface area contributed by atoms with Crippen LogP contribution in [0.1, 0.15) is 33.6 Å². The summed E-state index contributed by atoms with van der Waals surface area (Å²) in [6.45, 7) is 6.58. The van der Waals surface area contributed by atoms with Crippen molar-refractivity contribution < 1.29 is 4.74 Å². The van der Waals surface area contributed by atoms with E-state index in [4.69, 9.17) is 16.3 Å². The molecular weight excluding hydrogens is 154 g/mol. The maximum Gasteiger partial charge on any atom is 0.151 e. The molecule has 0 heterocycles. The number of hydrogen-bond donors (Lipinski definition) is 2. The van der Waals surface area contributed by atoms with Crippen LogP contribution in [0.15, 0.2) is 5.10 Å². The highest BCUT2D eigenvalue weighted by Gasteiger charge is 2.31. The third-order valence-corrected chi connectivity index (χ3v) is 2.17. The summed E-state index contributed by atoms with van der Waals surface area (Å²) in [5, 5.41) is 3.49. The minimum atomic E-state index is -0.455. The topological polar surface area (TPSA) is 73.6 Å². The first-order valence-electron chi connectivity index (χ1n) is 4.34. The SMILES string of the molecule is CCOC(CC)(CC)C(N)=NN. The largest absolute Gasteiger partial charge is 0.383 e. The summed E-state index contributed by atoms with van der Waals surface area (Å²) < 4.78 is 5.54. The lowest BCUT2D eigenvalue weighted by Gasteiger charge is -2.30. The van der Waals surface area contributed by atoms with Gasteiger partial charge in [-0.25, -0.2) is 0 Å². The molecular formula is C8H19N3O. The Balaban J connectivity index is 4.56. The minimum Gasteiger partial charge on any atom is -0.383 e. The second-order valence-corrected chi connectivity index (χ2v) is 2.65. The number of hydrogen-bond acceptors (Lipinski definition) is 3. The highest BCUT2D eigenvalue weighted by atomic mass is 16.5. The second kappa shape index (κ2) is 4.98. The summed E-state index contributed by atoms with van der Waals surface area (Å²) in [4.78, 5) is 0. The molecule has 4 heteroatoms. The Hall–Kier alpha value is -0.770. The molecule has 4 nitrogen and oxygen atoms in total. The molecule has 0 aromatic carbocycles. The normalized spacial score (nSPS) is 13.4. The van der Waals surface area contributed by atoms with Gasteiger partial charge in [0, 0.05) is 6.61 Å². The van der Waals surface area contributed by atoms with Crippen LogP contribution in [-0.4, -0.2) is 18.0 Å². The number of nitrogens with two attached hydrogens (primary N) is 2. The molecule has 0 rings (SSSR count). The van der Waals surface area contributed by atoms with Gasteiger partial charge in [-0.15, -0.1) is 0 Å². The Labute approximate surface area is 74.0 Å². The summed E-state index contributed by atoms with van der Waals surface area (Å²) in [5.74, 6) is 5.51. The van der Waals surface area contributed by atoms with Crippen molar-refractivity contribution in [1.82, 2.24) is 0 Å². The van der Waals surface area contributed by atoms with Crippen molar-refractivity contribution in [2.24, 2.45) is 16.7 Å². The first kappa shape index (κ1) is 11.2. The molecule has 0 fully saturated rings. The molecule has 4 N–H and O–H groups in total. The molecule has 12 heavy (non-hydrogen) atoms. The fourth-order valence-corrected chi connectivity index (χ4v) is 1.28. The van der Waals surface area contributed by atoms with Crippen molar-refractivity contribution in [1.29, 1.82) is 0 Å². The van der Waals surface area contributed by atoms with Crippen molar-refractivity contribution in [3.8, 4) is 0 Å². The van der Waals surface area contributed by atoms with Gasteiger partial charge >= 0.3 is 0 Å². The molecule has 0 aliphatic heterocycles. The van der Waals surface area contributed by atoms with Crippen LogP contribution in [0.5, 0.6) is 0 Å². The van der Waals surface area contributed by atoms with E-state index in [1.54, 1.807) is 0 Å². The van der Waals surface area contributed by atoms with Gasteiger partial charge in [0.25, 0.3) is 0 Å². The van der Waals surface area contributed by atoms with Crippen molar-refractivity contribution in [2.75, 3.05) is 6.61 Å². The van der Waals surface area contributed by atoms with Gasteiger partial charge in [-0.05, 0) is 19.8 Å². The highest BCUT2D eigenvalue weighted by molar-refractivity contribution is 5.88. The molecule has 0 aliphatic carbocycles. The Morgan fingerprint density at radius 1 is 1.33 bits per heavy atom. The van der Waals surface area contributed by atoms with E-state index in [-0.39, 0.29) is 0 Å². The quantitative estimate of drug-likeness (QED) is 0.280. The number of nitrogens with zero attached hydrogens (tertiary/aromatic N) is 1. The van der Waals surface area contributed by atoms with E-state index in [1.165, 1.54) is 0 Å². The Kier molecular flexibility index (Phi) is 4.66. The zero-order chi connectivity index (χ0) is 9.61. The molecule has 0 aromatic rings. The van der Waals surface area contributed by atoms with Crippen molar-refractivity contribution in [3.05, 3.63) is 0 Å². The van der Waals surface area contributed by atoms with Crippen LogP contribution in [0, 0.1) is 0 Å². The van der Waals surface area contributed by atoms with Crippen LogP contribution in [0.2, 0.25) is 0 Å². The molecule has 0 unspecified atom stereocenters. The lowest BCUT2D eigenvalue weighted by atomic mass is 9.96. The zero-order valence-electron chi connectivity index (χ0n) is 8.13. The van der Waals surface area contributed by atoms with Gasteiger partial charge in [0.15, 0.2) is 5.84 Å². The Morgan fingerprint density at radius 2 is 1.83 bits per heavy atom. The number of rotatable bonds is 5. The van der Waals surface area contributed by atoms with Gasteiger partial charge in [0.2, 0.25) is 0 Å². The zero-order valence-corrected chi connectivity index (χ0v) is 8.13. The van der Waals surface area contributed by atoms with Crippen LogP contribution < -0.4 is 11.6 Å². The molecule has 0 amide bonds. The molecule has 0 atom stereocenters. The first-order chi connectivity index (χ1) is 5.66. The smallest absolute Gasteiger partial charge is 0.151 e. The standard InChI is InChI=1S/C8H19N3O/c1-4-8(5-2,12-6-3)7(9)11-10/h4-6,10H2,1-3H3,(H2,9,11). The van der Waals surface area contributed by atoms with Crippen LogP contribution in [0.25, 0.3) is 0 Å². The number of amidine groups is 1. The van der Waals surface area contributed by atoms with Gasteiger partial charge in [-0.3, -0.25) is 0 Å². The van der Waals surface area contributed by atoms with Gasteiger partial charge in [-0.2, -0.15) is 5.10 Å². The predicted octanol–water partition coefficient (Wildman–Crippen LogP) is 0.813. The van der Waals surface area contributed by atoms with E-state index < -0.39 is 5.60 Å². The molecule has 0 bridgehead atoms. The average Bonchev–Trinajstić information content (AvgIpc) is 2.13. The van der Waals surface area contributed by atoms with E-state index >= 15 is 0 Å². The first-order valence-corrected chi connectivity index (χ1v) is 4.34. The van der Waals surface area contributed by atoms with Crippen molar-refractivity contribution in [3.63, 3.8) is 0 Å². The van der Waals surface area contributed by atoms with E-state index in [9.17, 15) is 0 Å². The van der Waals surface area contributed by atoms with E-state index in [0.29, 0.717) is 12.4 Å². The van der Waals surface area contributed by atoms with Crippen LogP contribution in [-0.2, 0) is 4.74 Å². The predicted molar refractivity (Wildman–Crippen MR) is 50.7 cm³/mol. The van der Waals surface area contributed by atoms with E-state index in [0.717, 1.165) is 12.8 Å². The Morgan fingerprint density at radius 3 is 2.08 bits per heavy atom. The van der Waals surface area contributed by atoms with Gasteiger partial charge < -0.3 is 16.3 Å². The maximum absolute atomic E-state index is 5.66. The number of ether oxygens (including phenoxy) is 1. The summed E-state index contributed by atoms with van der Waals surface area (Å²) in [7, 11) is 0. The number of hydrazone groups is 1. The van der Waals surface area contributed by atoms with Crippen LogP contribution in [0.4, 0.5) is 0 Å². The van der Waals surface area contributed by atoms with Crippen LogP contribution >= 0.6 is 0 Å². The molecule has 72 valence electrons. The monoisotopic (exact) mass is 173 g/mol. The maximum atomic E-state index is 5.66. The third-order valence-electron chi connectivity index (χ3n) is 2.17. The Bertz CT molecular complexity index is 152. The van der Waals surface area contributed by atoms with E-state index in [2.05, 4.69) is 5.10 Å². The van der Waals surface area contributed by atoms with Gasteiger partial charge in [-0.1, -0.05) is 13.8 Å². The lowest BCUT2D eigenvalue weighted by molar-refractivity contribution is 0.00856. The van der Waals surface area contributed by atoms with Crippen LogP contribution in [0.3, 0.4) is 0 Å². The van der Waals surface area contributed by atoms with Crippen molar-refractivity contribution >= 4 is 5.84 Å². The molecule has 0 spiro atoms. The minimum absolute atomic E-state index is 0.384. The lowest BCUT2D eigenvalue weighted by Crippen LogP contribution is -2.46. The molecule has 0 saturated carbocycles. The highest BCUT2D eigenvalue weighted by Crippen LogP contribution is 2.20. The summed E-state index contributed by atoms with van der Waals surface area (Å²) in [5.41, 5.74) is 5.20. The summed E-state index contributed by atoms with van der Waals surface area (Å²) in [6, 6.07) is 0. The average molecular weight is 173 g/mol. The van der Waals surface area contributed by atoms with E-state index in [1.807, 2.05) is 20.8 Å². The molecule has 0 aliphatic rings. The van der Waals surface area contributed by atoms with Crippen molar-refractivity contribution in [2.45, 2.75) is 39.2 Å². The fourth-order valence-electron chi connectivity index (χ4n) is 1.28. The molecule has 0 aromatic heterocycles. The third kappa shape index (κ3) is 2.11. The molecule has 0 saturated heterocycles.